The third kappa shape index (κ3) is 5.95. The van der Waals surface area contributed by atoms with Gasteiger partial charge in [-0.1, -0.05) is 218 Å². The lowest BCUT2D eigenvalue weighted by Gasteiger charge is -2.34. The molecule has 4 heterocycles. The molecule has 328 valence electrons. The van der Waals surface area contributed by atoms with Gasteiger partial charge in [0, 0.05) is 37.9 Å². The maximum absolute atomic E-state index is 10.8. The van der Waals surface area contributed by atoms with Gasteiger partial charge in [-0.15, -0.1) is 0 Å². The Morgan fingerprint density at radius 3 is 1.14 bits per heavy atom. The number of hydrogen-bond donors (Lipinski definition) is 0. The van der Waals surface area contributed by atoms with Crippen molar-refractivity contribution in [2.75, 3.05) is 0 Å². The highest BCUT2D eigenvalue weighted by molar-refractivity contribution is 7.19. The summed E-state index contributed by atoms with van der Waals surface area (Å²) in [4.78, 5) is 14.0. The first kappa shape index (κ1) is 16.2. The molecule has 0 aliphatic rings. The lowest BCUT2D eigenvalue weighted by Crippen LogP contribution is -2.74. The van der Waals surface area contributed by atoms with Gasteiger partial charge in [0.1, 0.15) is 0 Å². The van der Waals surface area contributed by atoms with E-state index in [-0.39, 0.29) is 0 Å². The van der Waals surface area contributed by atoms with Gasteiger partial charge in [0.2, 0.25) is 11.9 Å². The monoisotopic (exact) mass is 953 g/mol. The molecule has 0 unspecified atom stereocenters. The van der Waals surface area contributed by atoms with Crippen molar-refractivity contribution in [1.29, 1.82) is 0 Å². The summed E-state index contributed by atoms with van der Waals surface area (Å²) in [5, 5.41) is -9.93. The van der Waals surface area contributed by atoms with E-state index in [0.29, 0.717) is 13.7 Å². The molecular formula is C63H42N6Si. The smallest absolute Gasteiger partial charge is 0.240 e. The van der Waals surface area contributed by atoms with Gasteiger partial charge in [0.25, 0.3) is 0 Å². The van der Waals surface area contributed by atoms with E-state index in [1.54, 1.807) is 0 Å². The van der Waals surface area contributed by atoms with E-state index in [4.69, 9.17) is 29.7 Å². The fourth-order valence-corrected chi connectivity index (χ4v) is 12.1. The van der Waals surface area contributed by atoms with Crippen molar-refractivity contribution >= 4 is 94.2 Å². The van der Waals surface area contributed by atoms with Crippen LogP contribution in [0, 0.1) is 0 Å². The largest absolute Gasteiger partial charge is 0.307 e. The molecule has 4 aromatic heterocycles. The summed E-state index contributed by atoms with van der Waals surface area (Å²) in [7, 11) is -6.80. The van der Waals surface area contributed by atoms with Gasteiger partial charge < -0.3 is 4.57 Å². The lowest BCUT2D eigenvalue weighted by atomic mass is 10.1. The van der Waals surface area contributed by atoms with Crippen molar-refractivity contribution < 1.29 is 57.6 Å². The quantitative estimate of drug-likeness (QED) is 0.113. The van der Waals surface area contributed by atoms with E-state index in [1.165, 1.54) is 0 Å². The van der Waals surface area contributed by atoms with Crippen LogP contribution in [0.25, 0.3) is 94.4 Å². The molecule has 0 bridgehead atoms. The molecule has 0 radical (unpaired) electrons. The first-order valence-corrected chi connectivity index (χ1v) is 22.4. The molecule has 0 fully saturated rings. The average Bonchev–Trinajstić information content (AvgIpc) is 1.08. The van der Waals surface area contributed by atoms with Crippen LogP contribution in [-0.4, -0.2) is 36.7 Å². The molecule has 14 rings (SSSR count). The van der Waals surface area contributed by atoms with E-state index < -0.39 is 377 Å². The van der Waals surface area contributed by atoms with E-state index in [0.717, 1.165) is 0 Å². The molecule has 0 spiro atoms. The minimum absolute atomic E-state index is 0.537. The Hall–Kier alpha value is -9.17. The summed E-state index contributed by atoms with van der Waals surface area (Å²) in [6.07, 6.45) is 0. The summed E-state index contributed by atoms with van der Waals surface area (Å²) in [6, 6.07) is -51.1. The second kappa shape index (κ2) is 16.0. The van der Waals surface area contributed by atoms with Crippen LogP contribution >= 0.6 is 0 Å². The second-order valence-electron chi connectivity index (χ2n) is 14.8. The molecule has 0 amide bonds. The molecule has 0 saturated heterocycles. The summed E-state index contributed by atoms with van der Waals surface area (Å²) in [6.45, 7) is 0. The topological polar surface area (TPSA) is 53.5 Å². The van der Waals surface area contributed by atoms with Crippen LogP contribution in [0.1, 0.15) is 57.6 Å². The maximum Gasteiger partial charge on any atom is 0.240 e. The van der Waals surface area contributed by atoms with Gasteiger partial charge in [-0.2, -0.15) is 15.0 Å². The van der Waals surface area contributed by atoms with Crippen molar-refractivity contribution in [1.82, 2.24) is 28.7 Å². The van der Waals surface area contributed by atoms with E-state index in [1.807, 2.05) is 0 Å². The van der Waals surface area contributed by atoms with E-state index in [2.05, 4.69) is 9.97 Å². The summed E-state index contributed by atoms with van der Waals surface area (Å²) < 4.78 is 396. The predicted octanol–water partition coefficient (Wildman–Crippen LogP) is 12.2. The van der Waals surface area contributed by atoms with Crippen molar-refractivity contribution in [3.8, 4) is 29.0 Å². The van der Waals surface area contributed by atoms with Crippen LogP contribution in [0.2, 0.25) is 0 Å². The number of nitrogens with zero attached hydrogens (tertiary/aromatic N) is 6. The van der Waals surface area contributed by atoms with Crippen LogP contribution in [0.15, 0.2) is 254 Å². The van der Waals surface area contributed by atoms with E-state index in [9.17, 15) is 32.9 Å². The minimum Gasteiger partial charge on any atom is -0.307 e. The van der Waals surface area contributed by atoms with Crippen molar-refractivity contribution in [3.63, 3.8) is 0 Å². The number of para-hydroxylation sites is 6. The zero-order chi connectivity index (χ0) is 82.7. The Kier molecular flexibility index (Phi) is 3.70. The highest BCUT2D eigenvalue weighted by Gasteiger charge is 2.41. The fraction of sp³-hybridized carbons (Fsp3) is 0. The molecule has 0 aliphatic carbocycles. The number of rotatable bonds is 8. The summed E-state index contributed by atoms with van der Waals surface area (Å²) in [5.74, 6) is -4.00. The summed E-state index contributed by atoms with van der Waals surface area (Å²) >= 11 is 0. The first-order valence-electron chi connectivity index (χ1n) is 41.4. The highest BCUT2D eigenvalue weighted by atomic mass is 28.3. The molecular weight excluding hydrogens is 869 g/mol. The molecule has 10 aromatic carbocycles. The molecule has 70 heavy (non-hydrogen) atoms. The normalized spacial score (nSPS) is 20.4. The van der Waals surface area contributed by atoms with Crippen molar-refractivity contribution in [2.24, 2.45) is 0 Å². The molecule has 6 nitrogen and oxygen atoms in total. The third-order valence-corrected chi connectivity index (χ3v) is 15.3. The van der Waals surface area contributed by atoms with Crippen LogP contribution in [0.3, 0.4) is 0 Å². The molecule has 14 aromatic rings. The molecule has 0 atom stereocenters. The highest BCUT2D eigenvalue weighted by Crippen LogP contribution is 2.40. The molecule has 0 N–H and O–H groups in total. The number of benzene rings is 10. The summed E-state index contributed by atoms with van der Waals surface area (Å²) in [5.41, 5.74) is -7.71. The van der Waals surface area contributed by atoms with Crippen molar-refractivity contribution in [3.05, 3.63) is 254 Å². The van der Waals surface area contributed by atoms with Gasteiger partial charge >= 0.3 is 0 Å². The maximum atomic E-state index is 10.8. The average molecular weight is 953 g/mol. The Morgan fingerprint density at radius 1 is 0.300 bits per heavy atom. The Morgan fingerprint density at radius 2 is 0.657 bits per heavy atom. The Balaban J connectivity index is 1.33. The van der Waals surface area contributed by atoms with E-state index >= 15 is 0 Å². The zero-order valence-corrected chi connectivity index (χ0v) is 35.7. The number of hydrogen-bond acceptors (Lipinski definition) is 3. The first-order chi connectivity index (χ1) is 52.2. The Labute approximate surface area is 463 Å². The molecule has 0 aliphatic heterocycles. The van der Waals surface area contributed by atoms with Crippen LogP contribution in [0.4, 0.5) is 0 Å². The Bertz CT molecular complexity index is 6460. The van der Waals surface area contributed by atoms with Gasteiger partial charge in [0.15, 0.2) is 13.9 Å². The zero-order valence-electron chi connectivity index (χ0n) is 76.7. The van der Waals surface area contributed by atoms with Crippen molar-refractivity contribution in [2.45, 2.75) is 0 Å². The fourth-order valence-electron chi connectivity index (χ4n) is 8.55. The van der Waals surface area contributed by atoms with Crippen LogP contribution in [-0.2, 0) is 0 Å². The lowest BCUT2D eigenvalue weighted by molar-refractivity contribution is 0.891. The third-order valence-electron chi connectivity index (χ3n) is 11.3. The van der Waals surface area contributed by atoms with Gasteiger partial charge in [0.05, 0.1) is 96.4 Å². The molecule has 7 heteroatoms. The standard InChI is InChI=1S/C63H42N6Si/c1-4-23-44(24-5-1)70(45-25-6-2-7-26-45,46-27-8-3-9-28-46)47-29-20-22-43(42-47)61-64-62(68-56-38-17-12-32-50(56)51-33-13-18-39-57(51)68)66-63(65-61)69-58-40-19-14-34-52(58)53-35-21-41-59(60(53)69)67-54-36-15-10-30-48(54)49-31-11-16-37-55(49)67/h1-42H/i1D,2D,3D,4D,5D,6D,7D,8D,9D,10D,11D,12D,13D,14D,15D,16D,17D,18D,19D,20D,21D,22D,23D,24D,25D,26D,27D,28D,29D,30D,31D,32D,33D,34D,35D,36D,37D,38D,39D,40D,41D,42D. The second-order valence-corrected chi connectivity index (χ2v) is 18.3. The number of aromatic nitrogens is 6. The minimum atomic E-state index is -6.80. The van der Waals surface area contributed by atoms with Gasteiger partial charge in [-0.05, 0) is 57.0 Å². The van der Waals surface area contributed by atoms with Gasteiger partial charge in [-0.3, -0.25) is 9.13 Å². The SMILES string of the molecule is [2H]c1c([2H])c([2H])c([Si](c2c([2H])c([2H])c([2H])c([2H])c2[2H])(c2c([2H])c([2H])c([2H])c([2H])c2[2H])c2c([2H])c([2H])c([2H])c(-c3nc(-n4c5c([2H])c([2H])c([2H])c([2H])c5c5c([2H])c([2H])c([2H])c([2H])c54)nc(-n4c5c([2H])c([2H])c([2H])c([2H])c5c5c([2H])c([2H])c([2H])c(-n6c7c([2H])c([2H])c([2H])c([2H])c7c7c([2H])c([2H])c([2H])c([2H])c76)c54)n3)c2[2H])c([2H])c1[2H]. The predicted molar refractivity (Wildman–Crippen MR) is 292 cm³/mol. The van der Waals surface area contributed by atoms with Gasteiger partial charge in [-0.25, -0.2) is 0 Å². The number of fused-ring (bicyclic) bond motifs is 9. The van der Waals surface area contributed by atoms with Crippen LogP contribution < -0.4 is 20.7 Å². The van der Waals surface area contributed by atoms with Crippen LogP contribution in [0.5, 0.6) is 0 Å². The molecule has 0 saturated carbocycles.